The first-order chi connectivity index (χ1) is 15.1. The van der Waals surface area contributed by atoms with Gasteiger partial charge in [0.15, 0.2) is 0 Å². The van der Waals surface area contributed by atoms with Gasteiger partial charge in [0, 0.05) is 15.5 Å². The lowest BCUT2D eigenvalue weighted by atomic mass is 10.2. The van der Waals surface area contributed by atoms with Crippen LogP contribution in [0.5, 0.6) is 5.75 Å². The molecular formula is C23H19BrN2O4S. The molecule has 0 fully saturated rings. The van der Waals surface area contributed by atoms with E-state index in [1.165, 1.54) is 11.3 Å². The van der Waals surface area contributed by atoms with Crippen molar-refractivity contribution in [3.8, 4) is 16.3 Å². The molecule has 0 radical (unpaired) electrons. The van der Waals surface area contributed by atoms with Gasteiger partial charge in [-0.05, 0) is 42.5 Å². The lowest BCUT2D eigenvalue weighted by Gasteiger charge is -2.10. The minimum Gasteiger partial charge on any atom is -0.496 e. The van der Waals surface area contributed by atoms with E-state index in [4.69, 9.17) is 13.9 Å². The van der Waals surface area contributed by atoms with E-state index in [9.17, 15) is 4.79 Å². The Morgan fingerprint density at radius 2 is 2.06 bits per heavy atom. The molecule has 0 aliphatic rings. The average Bonchev–Trinajstić information content (AvgIpc) is 3.48. The van der Waals surface area contributed by atoms with E-state index in [0.717, 1.165) is 26.6 Å². The van der Waals surface area contributed by atoms with Crippen molar-refractivity contribution in [2.24, 2.45) is 0 Å². The maximum atomic E-state index is 12.7. The number of methoxy groups -OCH3 is 1. The van der Waals surface area contributed by atoms with Crippen molar-refractivity contribution in [2.45, 2.75) is 13.2 Å². The van der Waals surface area contributed by atoms with Crippen LogP contribution in [0.25, 0.3) is 10.6 Å². The molecule has 2 aromatic heterocycles. The second-order valence-corrected chi connectivity index (χ2v) is 8.32. The van der Waals surface area contributed by atoms with Gasteiger partial charge in [0.1, 0.15) is 23.1 Å². The highest BCUT2D eigenvalue weighted by molar-refractivity contribution is 9.10. The fourth-order valence-electron chi connectivity index (χ4n) is 2.97. The number of thiazole rings is 1. The van der Waals surface area contributed by atoms with Gasteiger partial charge in [-0.1, -0.05) is 28.1 Å². The Labute approximate surface area is 192 Å². The van der Waals surface area contributed by atoms with Crippen LogP contribution in [-0.4, -0.2) is 18.1 Å². The molecule has 158 valence electrons. The van der Waals surface area contributed by atoms with E-state index < -0.39 is 5.97 Å². The fourth-order valence-corrected chi connectivity index (χ4v) is 4.16. The van der Waals surface area contributed by atoms with E-state index in [-0.39, 0.29) is 6.61 Å². The number of rotatable bonds is 8. The predicted octanol–water partition coefficient (Wildman–Crippen LogP) is 6.14. The van der Waals surface area contributed by atoms with E-state index in [1.807, 2.05) is 47.8 Å². The zero-order valence-electron chi connectivity index (χ0n) is 16.6. The van der Waals surface area contributed by atoms with Crippen molar-refractivity contribution in [1.82, 2.24) is 4.98 Å². The maximum absolute atomic E-state index is 12.7. The molecule has 0 unspecified atom stereocenters. The van der Waals surface area contributed by atoms with Crippen molar-refractivity contribution >= 4 is 38.9 Å². The van der Waals surface area contributed by atoms with E-state index >= 15 is 0 Å². The maximum Gasteiger partial charge on any atom is 0.340 e. The molecular weight excluding hydrogens is 480 g/mol. The molecule has 0 amide bonds. The lowest BCUT2D eigenvalue weighted by molar-refractivity contribution is 0.0469. The standard InChI is InChI=1S/C23H19BrN2O4S/c1-28-21-9-8-15(24)11-19(21)22-26-16(14-31-22)13-30-23(27)18-6-2-3-7-20(18)25-12-17-5-4-10-29-17/h2-11,14,25H,12-13H2,1H3. The number of carbonyl (C=O) groups excluding carboxylic acids is 1. The van der Waals surface area contributed by atoms with Crippen molar-refractivity contribution in [2.75, 3.05) is 12.4 Å². The van der Waals surface area contributed by atoms with Gasteiger partial charge in [-0.25, -0.2) is 9.78 Å². The summed E-state index contributed by atoms with van der Waals surface area (Å²) >= 11 is 4.95. The molecule has 4 rings (SSSR count). The Morgan fingerprint density at radius 3 is 2.87 bits per heavy atom. The Kier molecular flexibility index (Phi) is 6.69. The third kappa shape index (κ3) is 5.15. The highest BCUT2D eigenvalue weighted by Crippen LogP contribution is 2.34. The van der Waals surface area contributed by atoms with E-state index in [0.29, 0.717) is 23.5 Å². The molecule has 31 heavy (non-hydrogen) atoms. The molecule has 0 bridgehead atoms. The molecule has 6 nitrogen and oxygen atoms in total. The van der Waals surface area contributed by atoms with Crippen LogP contribution in [0.3, 0.4) is 0 Å². The molecule has 1 N–H and O–H groups in total. The number of nitrogens with zero attached hydrogens (tertiary/aromatic N) is 1. The number of carbonyl (C=O) groups is 1. The summed E-state index contributed by atoms with van der Waals surface area (Å²) in [5.74, 6) is 1.09. The Hall–Kier alpha value is -3.10. The third-order valence-electron chi connectivity index (χ3n) is 4.47. The smallest absolute Gasteiger partial charge is 0.340 e. The molecule has 0 saturated carbocycles. The minimum atomic E-state index is -0.419. The number of benzene rings is 2. The largest absolute Gasteiger partial charge is 0.496 e. The fraction of sp³-hybridized carbons (Fsp3) is 0.130. The number of furan rings is 1. The van der Waals surface area contributed by atoms with Crippen molar-refractivity contribution < 1.29 is 18.7 Å². The summed E-state index contributed by atoms with van der Waals surface area (Å²) in [6.45, 7) is 0.555. The second-order valence-electron chi connectivity index (χ2n) is 6.54. The van der Waals surface area contributed by atoms with Gasteiger partial charge in [-0.3, -0.25) is 0 Å². The van der Waals surface area contributed by atoms with Crippen molar-refractivity contribution in [3.63, 3.8) is 0 Å². The van der Waals surface area contributed by atoms with Gasteiger partial charge < -0.3 is 19.2 Å². The van der Waals surface area contributed by atoms with Gasteiger partial charge in [0.2, 0.25) is 0 Å². The van der Waals surface area contributed by atoms with Crippen molar-refractivity contribution in [1.29, 1.82) is 0 Å². The summed E-state index contributed by atoms with van der Waals surface area (Å²) in [6.07, 6.45) is 1.61. The summed E-state index contributed by atoms with van der Waals surface area (Å²) in [5, 5.41) is 5.89. The quantitative estimate of drug-likeness (QED) is 0.294. The zero-order valence-corrected chi connectivity index (χ0v) is 19.0. The molecule has 4 aromatic rings. The van der Waals surface area contributed by atoms with Gasteiger partial charge in [0.25, 0.3) is 0 Å². The average molecular weight is 499 g/mol. The van der Waals surface area contributed by atoms with Crippen LogP contribution in [0, 0.1) is 0 Å². The monoisotopic (exact) mass is 498 g/mol. The van der Waals surface area contributed by atoms with Crippen LogP contribution in [0.15, 0.2) is 75.1 Å². The summed E-state index contributed by atoms with van der Waals surface area (Å²) in [4.78, 5) is 17.3. The number of esters is 1. The number of hydrogen-bond acceptors (Lipinski definition) is 7. The van der Waals surface area contributed by atoms with Gasteiger partial charge in [-0.15, -0.1) is 11.3 Å². The molecule has 8 heteroatoms. The predicted molar refractivity (Wildman–Crippen MR) is 123 cm³/mol. The minimum absolute atomic E-state index is 0.0815. The SMILES string of the molecule is COc1ccc(Br)cc1-c1nc(COC(=O)c2ccccc2NCc2ccco2)cs1. The van der Waals surface area contributed by atoms with Crippen LogP contribution in [0.4, 0.5) is 5.69 Å². The number of anilines is 1. The number of halogens is 1. The second kappa shape index (κ2) is 9.80. The van der Waals surface area contributed by atoms with Gasteiger partial charge in [-0.2, -0.15) is 0 Å². The summed E-state index contributed by atoms with van der Waals surface area (Å²) < 4.78 is 17.2. The lowest BCUT2D eigenvalue weighted by Crippen LogP contribution is -2.10. The van der Waals surface area contributed by atoms with Crippen LogP contribution in [-0.2, 0) is 17.9 Å². The van der Waals surface area contributed by atoms with Crippen molar-refractivity contribution in [3.05, 3.63) is 87.7 Å². The third-order valence-corrected chi connectivity index (χ3v) is 5.89. The van der Waals surface area contributed by atoms with E-state index in [1.54, 1.807) is 25.5 Å². The molecule has 2 heterocycles. The number of ether oxygens (including phenoxy) is 2. The zero-order chi connectivity index (χ0) is 21.6. The summed E-state index contributed by atoms with van der Waals surface area (Å²) in [5.41, 5.74) is 2.70. The normalized spacial score (nSPS) is 10.6. The Bertz CT molecular complexity index is 1170. The van der Waals surface area contributed by atoms with Gasteiger partial charge >= 0.3 is 5.97 Å². The molecule has 2 aromatic carbocycles. The van der Waals surface area contributed by atoms with Crippen LogP contribution in [0.1, 0.15) is 21.8 Å². The Balaban J connectivity index is 1.43. The summed E-state index contributed by atoms with van der Waals surface area (Å²) in [6, 6.07) is 16.7. The highest BCUT2D eigenvalue weighted by Gasteiger charge is 2.15. The number of nitrogens with one attached hydrogen (secondary N) is 1. The van der Waals surface area contributed by atoms with Crippen LogP contribution < -0.4 is 10.1 Å². The number of hydrogen-bond donors (Lipinski definition) is 1. The summed E-state index contributed by atoms with van der Waals surface area (Å²) in [7, 11) is 1.63. The van der Waals surface area contributed by atoms with E-state index in [2.05, 4.69) is 26.2 Å². The topological polar surface area (TPSA) is 73.6 Å². The van der Waals surface area contributed by atoms with Crippen LogP contribution in [0.2, 0.25) is 0 Å². The van der Waals surface area contributed by atoms with Crippen LogP contribution >= 0.6 is 27.3 Å². The number of aromatic nitrogens is 1. The number of para-hydroxylation sites is 1. The molecule has 0 aliphatic carbocycles. The molecule has 0 spiro atoms. The highest BCUT2D eigenvalue weighted by atomic mass is 79.9. The van der Waals surface area contributed by atoms with Gasteiger partial charge in [0.05, 0.1) is 36.7 Å². The molecule has 0 aliphatic heterocycles. The first kappa shape index (κ1) is 21.1. The first-order valence-corrected chi connectivity index (χ1v) is 11.1. The first-order valence-electron chi connectivity index (χ1n) is 9.45. The molecule has 0 saturated heterocycles. The molecule has 0 atom stereocenters. The Morgan fingerprint density at radius 1 is 1.19 bits per heavy atom.